The van der Waals surface area contributed by atoms with Crippen molar-refractivity contribution in [3.63, 3.8) is 0 Å². The van der Waals surface area contributed by atoms with Gasteiger partial charge in [0.15, 0.2) is 0 Å². The van der Waals surface area contributed by atoms with E-state index in [0.29, 0.717) is 6.42 Å². The predicted octanol–water partition coefficient (Wildman–Crippen LogP) is 5.20. The molecule has 0 aliphatic heterocycles. The first kappa shape index (κ1) is 43.8. The van der Waals surface area contributed by atoms with Crippen molar-refractivity contribution in [3.05, 3.63) is 0 Å². The average Bonchev–Trinajstić information content (AvgIpc) is 2.82. The minimum Gasteiger partial charge on any atom is -0.550 e. The molecule has 0 saturated carbocycles. The fourth-order valence-electron chi connectivity index (χ4n) is 4.08. The van der Waals surface area contributed by atoms with E-state index in [2.05, 4.69) is 20.8 Å². The topological polar surface area (TPSA) is 120 Å². The van der Waals surface area contributed by atoms with Gasteiger partial charge in [0.05, 0.1) is 0 Å². The van der Waals surface area contributed by atoms with Gasteiger partial charge in [-0.05, 0) is 38.5 Å². The van der Waals surface area contributed by atoms with Crippen LogP contribution in [-0.2, 0) is 14.4 Å². The maximum atomic E-state index is 10.8. The van der Waals surface area contributed by atoms with E-state index in [1.807, 2.05) is 20.8 Å². The summed E-state index contributed by atoms with van der Waals surface area (Å²) in [5.74, 6) is -2.68. The minimum atomic E-state index is -0.902. The van der Waals surface area contributed by atoms with Gasteiger partial charge in [-0.15, -0.1) is 0 Å². The summed E-state index contributed by atoms with van der Waals surface area (Å²) in [6.07, 6.45) is 13.5. The van der Waals surface area contributed by atoms with Crippen LogP contribution < -0.4 is 15.3 Å². The molecule has 0 saturated heterocycles. The minimum absolute atomic E-state index is 0. The van der Waals surface area contributed by atoms with E-state index in [9.17, 15) is 29.7 Å². The second kappa shape index (κ2) is 24.8. The quantitative estimate of drug-likeness (QED) is 0.187. The number of carbonyl (C=O) groups excluding carboxylic acids is 3. The molecule has 3 unspecified atom stereocenters. The molecule has 0 spiro atoms. The second-order valence-corrected chi connectivity index (χ2v) is 11.1. The Balaban J connectivity index is -0.000000218. The monoisotopic (exact) mass is 655 g/mol. The number of hydrogen-bond acceptors (Lipinski definition) is 6. The molecule has 7 heteroatoms. The number of carboxylic acid groups (broad SMARTS) is 3. The maximum absolute atomic E-state index is 10.8. The fraction of sp³-hybridized carbons (Fsp3) is 0.900. The van der Waals surface area contributed by atoms with Gasteiger partial charge in [0.1, 0.15) is 0 Å². The Hall–Kier alpha value is -0.239. The number of aliphatic carboxylic acids is 3. The molecule has 6 nitrogen and oxygen atoms in total. The molecule has 0 aromatic carbocycles. The molecule has 0 bridgehead atoms. The van der Waals surface area contributed by atoms with Gasteiger partial charge >= 0.3 is 40.8 Å². The summed E-state index contributed by atoms with van der Waals surface area (Å²) in [5, 5.41) is 32.3. The van der Waals surface area contributed by atoms with Crippen LogP contribution in [-0.4, -0.2) is 17.9 Å². The van der Waals surface area contributed by atoms with E-state index in [1.165, 1.54) is 0 Å². The van der Waals surface area contributed by atoms with Crippen LogP contribution in [0.25, 0.3) is 0 Å². The largest absolute Gasteiger partial charge is 3.00 e. The molecule has 0 aromatic heterocycles. The molecule has 0 rings (SSSR count). The van der Waals surface area contributed by atoms with Crippen molar-refractivity contribution in [2.45, 2.75) is 159 Å². The van der Waals surface area contributed by atoms with Crippen LogP contribution in [0.15, 0.2) is 0 Å². The Morgan fingerprint density at radius 1 is 0.459 bits per heavy atom. The van der Waals surface area contributed by atoms with E-state index in [-0.39, 0.29) is 40.8 Å². The molecular weight excluding hydrogens is 601 g/mol. The summed E-state index contributed by atoms with van der Waals surface area (Å²) < 4.78 is 0. The van der Waals surface area contributed by atoms with E-state index < -0.39 is 34.2 Å². The van der Waals surface area contributed by atoms with Gasteiger partial charge in [0.25, 0.3) is 0 Å². The summed E-state index contributed by atoms with van der Waals surface area (Å²) in [6, 6.07) is 0. The molecule has 1 radical (unpaired) electrons. The smallest absolute Gasteiger partial charge is 0.550 e. The summed E-state index contributed by atoms with van der Waals surface area (Å²) in [5.41, 5.74) is -1.79. The zero-order valence-corrected chi connectivity index (χ0v) is 28.8. The normalized spacial score (nSPS) is 15.2. The molecule has 3 atom stereocenters. The molecule has 0 heterocycles. The van der Waals surface area contributed by atoms with Gasteiger partial charge in [0.2, 0.25) is 0 Å². The number of carbonyl (C=O) groups is 3. The van der Waals surface area contributed by atoms with Crippen molar-refractivity contribution < 1.29 is 70.5 Å². The van der Waals surface area contributed by atoms with Crippen LogP contribution >= 0.6 is 0 Å². The van der Waals surface area contributed by atoms with Gasteiger partial charge in [-0.3, -0.25) is 0 Å². The SMILES string of the molecule is CCCCC(C)(CCC)C(=O)[O-].CCCCC(C)(CCC)C(=O)[O-].CCCCCC(C)(CC)C(=O)[O-].[Nd+3]. The second-order valence-electron chi connectivity index (χ2n) is 11.1. The third kappa shape index (κ3) is 20.3. The van der Waals surface area contributed by atoms with Crippen LogP contribution in [0.3, 0.4) is 0 Å². The zero-order valence-electron chi connectivity index (χ0n) is 25.6. The van der Waals surface area contributed by atoms with Crippen LogP contribution in [0.1, 0.15) is 159 Å². The number of hydrogen-bond donors (Lipinski definition) is 0. The van der Waals surface area contributed by atoms with Crippen molar-refractivity contribution in [1.82, 2.24) is 0 Å². The Morgan fingerprint density at radius 3 is 0.973 bits per heavy atom. The summed E-state index contributed by atoms with van der Waals surface area (Å²) in [7, 11) is 0. The standard InChI is InChI=1S/3C10H20O2.Nd/c1-4-6-7-8-10(3,5-2)9(11)12;2*1-4-6-8-10(3,7-5-2)9(11)12;/h3*4-8H2,1-3H3,(H,11,12);/q;;;+3/p-3. The van der Waals surface area contributed by atoms with Crippen molar-refractivity contribution >= 4 is 17.9 Å². The third-order valence-electron chi connectivity index (χ3n) is 7.36. The van der Waals surface area contributed by atoms with Crippen molar-refractivity contribution in [2.75, 3.05) is 0 Å². The van der Waals surface area contributed by atoms with Gasteiger partial charge < -0.3 is 29.7 Å². The Morgan fingerprint density at radius 2 is 0.757 bits per heavy atom. The van der Waals surface area contributed by atoms with Crippen LogP contribution in [0, 0.1) is 57.1 Å². The molecule has 217 valence electrons. The summed E-state index contributed by atoms with van der Waals surface area (Å²) in [4.78, 5) is 32.3. The first-order valence-electron chi connectivity index (χ1n) is 14.3. The summed E-state index contributed by atoms with van der Waals surface area (Å²) >= 11 is 0. The third-order valence-corrected chi connectivity index (χ3v) is 7.36. The predicted molar refractivity (Wildman–Crippen MR) is 143 cm³/mol. The van der Waals surface area contributed by atoms with E-state index in [4.69, 9.17) is 0 Å². The van der Waals surface area contributed by atoms with Gasteiger partial charge in [-0.25, -0.2) is 0 Å². The first-order chi connectivity index (χ1) is 16.7. The van der Waals surface area contributed by atoms with Crippen LogP contribution in [0.2, 0.25) is 0 Å². The van der Waals surface area contributed by atoms with Crippen molar-refractivity contribution in [1.29, 1.82) is 0 Å². The van der Waals surface area contributed by atoms with E-state index in [0.717, 1.165) is 89.9 Å². The average molecular weight is 658 g/mol. The van der Waals surface area contributed by atoms with Crippen LogP contribution in [0.4, 0.5) is 0 Å². The Kier molecular flexibility index (Phi) is 29.3. The van der Waals surface area contributed by atoms with Crippen molar-refractivity contribution in [3.8, 4) is 0 Å². The molecule has 37 heavy (non-hydrogen) atoms. The number of rotatable bonds is 18. The Bertz CT molecular complexity index is 563. The van der Waals surface area contributed by atoms with E-state index >= 15 is 0 Å². The number of carboxylic acids is 3. The van der Waals surface area contributed by atoms with Gasteiger partial charge in [-0.2, -0.15) is 0 Å². The molecule has 0 amide bonds. The van der Waals surface area contributed by atoms with E-state index in [1.54, 1.807) is 20.8 Å². The molecule has 0 fully saturated rings. The molecule has 0 aliphatic rings. The fourth-order valence-corrected chi connectivity index (χ4v) is 4.08. The number of unbranched alkanes of at least 4 members (excludes halogenated alkanes) is 4. The van der Waals surface area contributed by atoms with Crippen LogP contribution in [0.5, 0.6) is 0 Å². The zero-order chi connectivity index (χ0) is 28.8. The maximum Gasteiger partial charge on any atom is 3.00 e. The van der Waals surface area contributed by atoms with Gasteiger partial charge in [0, 0.05) is 34.2 Å². The van der Waals surface area contributed by atoms with Crippen molar-refractivity contribution in [2.24, 2.45) is 16.2 Å². The molecular formula is C30H57NdO6. The molecule has 0 aliphatic carbocycles. The van der Waals surface area contributed by atoms with Gasteiger partial charge in [-0.1, -0.05) is 120 Å². The molecule has 0 aromatic rings. The summed E-state index contributed by atoms with van der Waals surface area (Å²) in [6.45, 7) is 17.5. The first-order valence-corrected chi connectivity index (χ1v) is 14.3. The molecule has 0 N–H and O–H groups in total. The Labute approximate surface area is 261 Å².